The summed E-state index contributed by atoms with van der Waals surface area (Å²) in [5.41, 5.74) is -0.574. The van der Waals surface area contributed by atoms with Gasteiger partial charge in [0.05, 0.1) is 6.54 Å². The van der Waals surface area contributed by atoms with Crippen molar-refractivity contribution in [3.05, 3.63) is 70.0 Å². The second kappa shape index (κ2) is 9.18. The molecule has 3 aromatic rings. The smallest absolute Gasteiger partial charge is 0.339 e. The highest BCUT2D eigenvalue weighted by molar-refractivity contribution is 5.76. The van der Waals surface area contributed by atoms with Crippen molar-refractivity contribution in [2.24, 2.45) is 0 Å². The van der Waals surface area contributed by atoms with Crippen molar-refractivity contribution in [3.8, 4) is 11.4 Å². The molecule has 8 nitrogen and oxygen atoms in total. The second-order valence-corrected chi connectivity index (χ2v) is 7.84. The Hall–Kier alpha value is -3.47. The molecule has 0 spiro atoms. The fraction of sp³-hybridized carbons (Fsp3) is 0.364. The molecule has 4 rings (SSSR count). The SMILES string of the molecule is Cc1ccccc1-c1noc(CN2CCN(C(=O)Cn3cccc(C(F)(F)F)c3=O)CC2)n1. The van der Waals surface area contributed by atoms with E-state index in [1.54, 1.807) is 0 Å². The van der Waals surface area contributed by atoms with Gasteiger partial charge >= 0.3 is 6.18 Å². The van der Waals surface area contributed by atoms with Crippen LogP contribution >= 0.6 is 0 Å². The highest BCUT2D eigenvalue weighted by atomic mass is 19.4. The van der Waals surface area contributed by atoms with Crippen LogP contribution in [0.1, 0.15) is 17.0 Å². The quantitative estimate of drug-likeness (QED) is 0.581. The topological polar surface area (TPSA) is 84.5 Å². The van der Waals surface area contributed by atoms with Crippen molar-refractivity contribution in [2.45, 2.75) is 26.2 Å². The maximum atomic E-state index is 12.9. The molecular weight excluding hydrogens is 439 g/mol. The lowest BCUT2D eigenvalue weighted by molar-refractivity contribution is -0.140. The summed E-state index contributed by atoms with van der Waals surface area (Å²) in [5.74, 6) is 0.572. The largest absolute Gasteiger partial charge is 0.421 e. The van der Waals surface area contributed by atoms with Crippen LogP contribution in [-0.2, 0) is 24.1 Å². The predicted octanol–water partition coefficient (Wildman–Crippen LogP) is 2.57. The van der Waals surface area contributed by atoms with Crippen molar-refractivity contribution in [1.82, 2.24) is 24.5 Å². The van der Waals surface area contributed by atoms with E-state index in [1.807, 2.05) is 31.2 Å². The Labute approximate surface area is 187 Å². The molecule has 0 atom stereocenters. The predicted molar refractivity (Wildman–Crippen MR) is 112 cm³/mol. The average Bonchev–Trinajstić information content (AvgIpc) is 3.23. The van der Waals surface area contributed by atoms with Crippen LogP contribution in [0.15, 0.2) is 51.9 Å². The van der Waals surface area contributed by atoms with Crippen LogP contribution in [0.5, 0.6) is 0 Å². The average molecular weight is 461 g/mol. The third-order valence-electron chi connectivity index (χ3n) is 5.57. The molecule has 1 aromatic carbocycles. The Kier molecular flexibility index (Phi) is 6.32. The van der Waals surface area contributed by atoms with E-state index in [0.29, 0.717) is 50.5 Å². The molecule has 1 fully saturated rings. The number of alkyl halides is 3. The van der Waals surface area contributed by atoms with Crippen LogP contribution in [-0.4, -0.2) is 56.6 Å². The summed E-state index contributed by atoms with van der Waals surface area (Å²) in [7, 11) is 0. The van der Waals surface area contributed by atoms with E-state index in [1.165, 1.54) is 11.1 Å². The van der Waals surface area contributed by atoms with E-state index in [0.717, 1.165) is 21.8 Å². The van der Waals surface area contributed by atoms with Crippen molar-refractivity contribution in [2.75, 3.05) is 26.2 Å². The third-order valence-corrected chi connectivity index (χ3v) is 5.57. The highest BCUT2D eigenvalue weighted by Crippen LogP contribution is 2.26. The molecule has 3 heterocycles. The van der Waals surface area contributed by atoms with Gasteiger partial charge in [0.25, 0.3) is 5.56 Å². The number of carbonyl (C=O) groups excluding carboxylic acids is 1. The number of amides is 1. The summed E-state index contributed by atoms with van der Waals surface area (Å²) < 4.78 is 45.0. The normalized spacial score (nSPS) is 15.1. The van der Waals surface area contributed by atoms with Crippen LogP contribution in [0.3, 0.4) is 0 Å². The van der Waals surface area contributed by atoms with Crippen LogP contribution in [0.2, 0.25) is 0 Å². The van der Waals surface area contributed by atoms with E-state index in [9.17, 15) is 22.8 Å². The number of benzene rings is 1. The van der Waals surface area contributed by atoms with Crippen molar-refractivity contribution in [3.63, 3.8) is 0 Å². The summed E-state index contributed by atoms with van der Waals surface area (Å²) in [6.07, 6.45) is -3.57. The Bertz CT molecular complexity index is 1200. The van der Waals surface area contributed by atoms with Crippen molar-refractivity contribution in [1.29, 1.82) is 0 Å². The van der Waals surface area contributed by atoms with Gasteiger partial charge in [-0.05, 0) is 24.6 Å². The molecule has 0 bridgehead atoms. The number of pyridine rings is 1. The summed E-state index contributed by atoms with van der Waals surface area (Å²) in [6.45, 7) is 3.78. The molecule has 0 unspecified atom stereocenters. The maximum Gasteiger partial charge on any atom is 0.421 e. The van der Waals surface area contributed by atoms with Gasteiger partial charge < -0.3 is 14.0 Å². The first-order valence-corrected chi connectivity index (χ1v) is 10.4. The van der Waals surface area contributed by atoms with E-state index < -0.39 is 29.8 Å². The lowest BCUT2D eigenvalue weighted by Gasteiger charge is -2.34. The number of hydrogen-bond donors (Lipinski definition) is 0. The second-order valence-electron chi connectivity index (χ2n) is 7.84. The van der Waals surface area contributed by atoms with Gasteiger partial charge in [-0.3, -0.25) is 14.5 Å². The fourth-order valence-corrected chi connectivity index (χ4v) is 3.72. The first-order valence-electron chi connectivity index (χ1n) is 10.4. The summed E-state index contributed by atoms with van der Waals surface area (Å²) in [4.78, 5) is 32.7. The zero-order chi connectivity index (χ0) is 23.6. The molecule has 1 aliphatic heterocycles. The molecule has 2 aromatic heterocycles. The van der Waals surface area contributed by atoms with Gasteiger partial charge in [0, 0.05) is 37.9 Å². The lowest BCUT2D eigenvalue weighted by atomic mass is 10.1. The molecule has 0 aliphatic carbocycles. The molecule has 1 saturated heterocycles. The minimum Gasteiger partial charge on any atom is -0.339 e. The van der Waals surface area contributed by atoms with Gasteiger partial charge in [-0.15, -0.1) is 0 Å². The van der Waals surface area contributed by atoms with Crippen molar-refractivity contribution >= 4 is 5.91 Å². The minimum atomic E-state index is -4.76. The zero-order valence-corrected chi connectivity index (χ0v) is 17.9. The molecule has 174 valence electrons. The summed E-state index contributed by atoms with van der Waals surface area (Å²) in [6, 6.07) is 9.56. The Morgan fingerprint density at radius 1 is 1.09 bits per heavy atom. The molecule has 0 saturated carbocycles. The van der Waals surface area contributed by atoms with Crippen LogP contribution < -0.4 is 5.56 Å². The molecular formula is C22H22F3N5O3. The monoisotopic (exact) mass is 461 g/mol. The van der Waals surface area contributed by atoms with Crippen LogP contribution in [0.25, 0.3) is 11.4 Å². The van der Waals surface area contributed by atoms with Gasteiger partial charge in [0.1, 0.15) is 12.1 Å². The fourth-order valence-electron chi connectivity index (χ4n) is 3.72. The standard InChI is InChI=1S/C22H22F3N5O3/c1-15-5-2-3-6-16(15)20-26-18(33-27-20)13-28-9-11-29(12-10-28)19(31)14-30-8-4-7-17(21(30)32)22(23,24)25/h2-8H,9-14H2,1H3. The Balaban J connectivity index is 1.33. The van der Waals surface area contributed by atoms with E-state index in [-0.39, 0.29) is 0 Å². The first kappa shape index (κ1) is 22.7. The van der Waals surface area contributed by atoms with Gasteiger partial charge in [-0.1, -0.05) is 29.4 Å². The van der Waals surface area contributed by atoms with Crippen LogP contribution in [0, 0.1) is 6.92 Å². The van der Waals surface area contributed by atoms with Crippen LogP contribution in [0.4, 0.5) is 13.2 Å². The number of nitrogens with zero attached hydrogens (tertiary/aromatic N) is 5. The number of carbonyl (C=O) groups is 1. The van der Waals surface area contributed by atoms with E-state index >= 15 is 0 Å². The number of piperazine rings is 1. The Morgan fingerprint density at radius 2 is 1.82 bits per heavy atom. The molecule has 0 N–H and O–H groups in total. The van der Waals surface area contributed by atoms with Gasteiger partial charge in [-0.2, -0.15) is 18.2 Å². The molecule has 0 radical (unpaired) electrons. The summed E-state index contributed by atoms with van der Waals surface area (Å²) >= 11 is 0. The molecule has 11 heteroatoms. The minimum absolute atomic E-state index is 0.380. The maximum absolute atomic E-state index is 12.9. The number of rotatable bonds is 5. The molecule has 1 amide bonds. The number of halogens is 3. The number of aromatic nitrogens is 3. The van der Waals surface area contributed by atoms with Gasteiger partial charge in [0.2, 0.25) is 17.6 Å². The molecule has 33 heavy (non-hydrogen) atoms. The van der Waals surface area contributed by atoms with Gasteiger partial charge in [-0.25, -0.2) is 0 Å². The number of aryl methyl sites for hydroxylation is 1. The zero-order valence-electron chi connectivity index (χ0n) is 17.9. The van der Waals surface area contributed by atoms with Crippen molar-refractivity contribution < 1.29 is 22.5 Å². The van der Waals surface area contributed by atoms with Gasteiger partial charge in [0.15, 0.2) is 0 Å². The van der Waals surface area contributed by atoms with E-state index in [2.05, 4.69) is 15.0 Å². The highest BCUT2D eigenvalue weighted by Gasteiger charge is 2.34. The summed E-state index contributed by atoms with van der Waals surface area (Å²) in [5, 5.41) is 4.05. The third kappa shape index (κ3) is 5.14. The number of hydrogen-bond acceptors (Lipinski definition) is 6. The Morgan fingerprint density at radius 3 is 2.52 bits per heavy atom. The molecule has 1 aliphatic rings. The lowest BCUT2D eigenvalue weighted by Crippen LogP contribution is -2.49. The van der Waals surface area contributed by atoms with E-state index in [4.69, 9.17) is 4.52 Å². The first-order chi connectivity index (χ1) is 15.7.